The Bertz CT molecular complexity index is 532. The van der Waals surface area contributed by atoms with Gasteiger partial charge in [-0.2, -0.15) is 5.10 Å². The molecule has 0 spiro atoms. The number of aromatic nitrogens is 2. The van der Waals surface area contributed by atoms with Crippen molar-refractivity contribution in [3.8, 4) is 11.4 Å². The fourth-order valence-corrected chi connectivity index (χ4v) is 1.55. The van der Waals surface area contributed by atoms with Crippen molar-refractivity contribution >= 4 is 17.9 Å². The van der Waals surface area contributed by atoms with E-state index in [4.69, 9.17) is 11.6 Å². The van der Waals surface area contributed by atoms with Gasteiger partial charge in [0.25, 0.3) is 0 Å². The number of aldehydes is 1. The highest BCUT2D eigenvalue weighted by molar-refractivity contribution is 6.30. The molecule has 2 aromatic rings. The predicted octanol–water partition coefficient (Wildman–Crippen LogP) is 2.35. The first kappa shape index (κ1) is 10.7. The number of benzene rings is 1. The Hall–Kier alpha value is -1.81. The van der Waals surface area contributed by atoms with E-state index in [0.717, 1.165) is 5.69 Å². The number of rotatable bonds is 2. The monoisotopic (exact) mass is 236 g/mol. The average molecular weight is 237 g/mol. The van der Waals surface area contributed by atoms with Crippen molar-refractivity contribution in [3.63, 3.8) is 0 Å². The fraction of sp³-hybridized carbons (Fsp3) is 0.0909. The van der Waals surface area contributed by atoms with Gasteiger partial charge in [0, 0.05) is 5.02 Å². The molecule has 0 radical (unpaired) electrons. The van der Waals surface area contributed by atoms with Crippen molar-refractivity contribution in [2.45, 2.75) is 6.92 Å². The van der Waals surface area contributed by atoms with E-state index in [1.165, 1.54) is 4.68 Å². The Morgan fingerprint density at radius 3 is 2.50 bits per heavy atom. The highest BCUT2D eigenvalue weighted by Gasteiger charge is 2.13. The molecule has 0 aliphatic heterocycles. The minimum Gasteiger partial charge on any atom is -0.504 e. The van der Waals surface area contributed by atoms with Gasteiger partial charge in [-0.1, -0.05) is 11.6 Å². The number of aromatic hydroxyl groups is 1. The Morgan fingerprint density at radius 1 is 1.38 bits per heavy atom. The number of carbonyl (C=O) groups excluding carboxylic acids is 1. The lowest BCUT2D eigenvalue weighted by Gasteiger charge is -2.03. The van der Waals surface area contributed by atoms with Gasteiger partial charge in [0.2, 0.25) is 0 Å². The van der Waals surface area contributed by atoms with E-state index in [2.05, 4.69) is 5.10 Å². The molecule has 0 fully saturated rings. The normalized spacial score (nSPS) is 10.4. The maximum Gasteiger partial charge on any atom is 0.174 e. The molecule has 0 atom stereocenters. The summed E-state index contributed by atoms with van der Waals surface area (Å²) in [5.41, 5.74) is 1.29. The van der Waals surface area contributed by atoms with Gasteiger partial charge in [-0.15, -0.1) is 0 Å². The Balaban J connectivity index is 2.56. The summed E-state index contributed by atoms with van der Waals surface area (Å²) in [6.07, 6.45) is 0.523. The third-order valence-electron chi connectivity index (χ3n) is 2.29. The van der Waals surface area contributed by atoms with Crippen molar-refractivity contribution in [1.82, 2.24) is 9.78 Å². The summed E-state index contributed by atoms with van der Waals surface area (Å²) in [5.74, 6) is -0.0926. The van der Waals surface area contributed by atoms with Crippen LogP contribution in [0.3, 0.4) is 0 Å². The molecule has 1 aromatic carbocycles. The predicted molar refractivity (Wildman–Crippen MR) is 60.4 cm³/mol. The summed E-state index contributed by atoms with van der Waals surface area (Å²) in [4.78, 5) is 10.6. The van der Waals surface area contributed by atoms with Gasteiger partial charge in [0.05, 0.1) is 11.4 Å². The Kier molecular flexibility index (Phi) is 2.66. The summed E-state index contributed by atoms with van der Waals surface area (Å²) in [6, 6.07) is 6.96. The second-order valence-corrected chi connectivity index (χ2v) is 3.76. The molecule has 1 aromatic heterocycles. The molecule has 82 valence electrons. The van der Waals surface area contributed by atoms with Crippen molar-refractivity contribution < 1.29 is 9.90 Å². The average Bonchev–Trinajstić information content (AvgIpc) is 2.57. The first-order valence-electron chi connectivity index (χ1n) is 4.63. The zero-order valence-corrected chi connectivity index (χ0v) is 9.27. The molecule has 0 saturated carbocycles. The van der Waals surface area contributed by atoms with E-state index in [-0.39, 0.29) is 11.4 Å². The van der Waals surface area contributed by atoms with Gasteiger partial charge in [-0.3, -0.25) is 4.79 Å². The number of nitrogens with zero attached hydrogens (tertiary/aromatic N) is 2. The highest BCUT2D eigenvalue weighted by atomic mass is 35.5. The first-order chi connectivity index (χ1) is 7.63. The van der Waals surface area contributed by atoms with Crippen LogP contribution in [0.25, 0.3) is 5.69 Å². The van der Waals surface area contributed by atoms with Gasteiger partial charge < -0.3 is 5.11 Å². The number of hydrogen-bond acceptors (Lipinski definition) is 3. The third kappa shape index (κ3) is 1.67. The van der Waals surface area contributed by atoms with Crippen LogP contribution in [0.2, 0.25) is 5.02 Å². The quantitative estimate of drug-likeness (QED) is 0.815. The molecule has 0 unspecified atom stereocenters. The van der Waals surface area contributed by atoms with Gasteiger partial charge >= 0.3 is 0 Å². The summed E-state index contributed by atoms with van der Waals surface area (Å²) in [6.45, 7) is 1.68. The molecule has 2 rings (SSSR count). The maximum absolute atomic E-state index is 10.6. The van der Waals surface area contributed by atoms with E-state index in [0.29, 0.717) is 17.0 Å². The van der Waals surface area contributed by atoms with Crippen LogP contribution in [0, 0.1) is 6.92 Å². The summed E-state index contributed by atoms with van der Waals surface area (Å²) in [5, 5.41) is 14.2. The van der Waals surface area contributed by atoms with E-state index < -0.39 is 0 Å². The first-order valence-corrected chi connectivity index (χ1v) is 5.01. The maximum atomic E-state index is 10.6. The van der Waals surface area contributed by atoms with E-state index >= 15 is 0 Å². The van der Waals surface area contributed by atoms with Gasteiger partial charge in [0.1, 0.15) is 0 Å². The summed E-state index contributed by atoms with van der Waals surface area (Å²) in [7, 11) is 0. The molecule has 0 bridgehead atoms. The van der Waals surface area contributed by atoms with Crippen LogP contribution in [0.15, 0.2) is 24.3 Å². The van der Waals surface area contributed by atoms with Crippen LogP contribution < -0.4 is 0 Å². The van der Waals surface area contributed by atoms with Gasteiger partial charge in [-0.05, 0) is 31.2 Å². The summed E-state index contributed by atoms with van der Waals surface area (Å²) < 4.78 is 1.50. The van der Waals surface area contributed by atoms with E-state index in [1.807, 2.05) is 0 Å². The lowest BCUT2D eigenvalue weighted by Crippen LogP contribution is -1.98. The molecular formula is C11H9ClN2O2. The van der Waals surface area contributed by atoms with Crippen LogP contribution in [0.1, 0.15) is 16.2 Å². The van der Waals surface area contributed by atoms with Crippen molar-refractivity contribution in [2.75, 3.05) is 0 Å². The van der Waals surface area contributed by atoms with Gasteiger partial charge in [-0.25, -0.2) is 4.68 Å². The molecule has 0 aliphatic carbocycles. The van der Waals surface area contributed by atoms with Crippen LogP contribution in [0.4, 0.5) is 0 Å². The van der Waals surface area contributed by atoms with Gasteiger partial charge in [0.15, 0.2) is 17.7 Å². The van der Waals surface area contributed by atoms with E-state index in [1.54, 1.807) is 31.2 Å². The zero-order chi connectivity index (χ0) is 11.7. The molecule has 1 N–H and O–H groups in total. The molecule has 16 heavy (non-hydrogen) atoms. The smallest absolute Gasteiger partial charge is 0.174 e. The standard InChI is InChI=1S/C11H9ClN2O2/c1-7-11(16)10(6-15)13-14(7)9-4-2-8(12)3-5-9/h2-6,16H,1H3. The Labute approximate surface area is 97.1 Å². The third-order valence-corrected chi connectivity index (χ3v) is 2.55. The second-order valence-electron chi connectivity index (χ2n) is 3.33. The minimum absolute atomic E-state index is 0.0347. The number of halogens is 1. The Morgan fingerprint density at radius 2 is 2.00 bits per heavy atom. The molecule has 0 amide bonds. The molecule has 0 aliphatic rings. The molecule has 5 heteroatoms. The topological polar surface area (TPSA) is 55.1 Å². The van der Waals surface area contributed by atoms with E-state index in [9.17, 15) is 9.90 Å². The zero-order valence-electron chi connectivity index (χ0n) is 8.51. The number of hydrogen-bond donors (Lipinski definition) is 1. The lowest BCUT2D eigenvalue weighted by atomic mass is 10.3. The molecular weight excluding hydrogens is 228 g/mol. The highest BCUT2D eigenvalue weighted by Crippen LogP contribution is 2.23. The van der Waals surface area contributed by atoms with Crippen LogP contribution in [-0.4, -0.2) is 21.2 Å². The van der Waals surface area contributed by atoms with Crippen molar-refractivity contribution in [3.05, 3.63) is 40.7 Å². The lowest BCUT2D eigenvalue weighted by molar-refractivity contribution is 0.111. The van der Waals surface area contributed by atoms with Crippen LogP contribution in [-0.2, 0) is 0 Å². The molecule has 1 heterocycles. The molecule has 4 nitrogen and oxygen atoms in total. The van der Waals surface area contributed by atoms with Crippen molar-refractivity contribution in [2.24, 2.45) is 0 Å². The fourth-order valence-electron chi connectivity index (χ4n) is 1.43. The molecule has 0 saturated heterocycles. The van der Waals surface area contributed by atoms with Crippen LogP contribution >= 0.6 is 11.6 Å². The number of carbonyl (C=O) groups is 1. The summed E-state index contributed by atoms with van der Waals surface area (Å²) >= 11 is 5.77. The van der Waals surface area contributed by atoms with Crippen molar-refractivity contribution in [1.29, 1.82) is 0 Å². The van der Waals surface area contributed by atoms with Crippen LogP contribution in [0.5, 0.6) is 5.75 Å². The minimum atomic E-state index is -0.0926. The second kappa shape index (κ2) is 3.98. The SMILES string of the molecule is Cc1c(O)c(C=O)nn1-c1ccc(Cl)cc1. The largest absolute Gasteiger partial charge is 0.504 e.